The van der Waals surface area contributed by atoms with Crippen molar-refractivity contribution < 1.29 is 9.53 Å². The van der Waals surface area contributed by atoms with Gasteiger partial charge in [-0.05, 0) is 62.6 Å². The lowest BCUT2D eigenvalue weighted by Gasteiger charge is -2.35. The summed E-state index contributed by atoms with van der Waals surface area (Å²) in [6.07, 6.45) is 5.96. The summed E-state index contributed by atoms with van der Waals surface area (Å²) in [5.41, 5.74) is 6.52. The number of carbonyl (C=O) groups is 1. The molecule has 2 nitrogen and oxygen atoms in total. The van der Waals surface area contributed by atoms with E-state index in [0.717, 1.165) is 44.7 Å². The van der Waals surface area contributed by atoms with Crippen molar-refractivity contribution >= 4 is 16.9 Å². The number of fused-ring (bicyclic) bond motifs is 2. The van der Waals surface area contributed by atoms with Gasteiger partial charge in [0.1, 0.15) is 11.2 Å². The molecule has 0 saturated carbocycles. The highest BCUT2D eigenvalue weighted by Crippen LogP contribution is 2.57. The van der Waals surface area contributed by atoms with Crippen molar-refractivity contribution in [2.45, 2.75) is 26.2 Å². The van der Waals surface area contributed by atoms with Gasteiger partial charge in [0.2, 0.25) is 0 Å². The average Bonchev–Trinajstić information content (AvgIpc) is 3.11. The Balaban J connectivity index is 1.95. The molecule has 0 saturated heterocycles. The van der Waals surface area contributed by atoms with Crippen molar-refractivity contribution in [1.29, 1.82) is 0 Å². The number of carbonyl (C=O) groups excluding carboxylic acids is 1. The van der Waals surface area contributed by atoms with Crippen molar-refractivity contribution in [2.75, 3.05) is 7.11 Å². The monoisotopic (exact) mass is 432 g/mol. The normalized spacial score (nSPS) is 19.6. The van der Waals surface area contributed by atoms with Crippen molar-refractivity contribution in [3.05, 3.63) is 125 Å². The van der Waals surface area contributed by atoms with Crippen LogP contribution < -0.4 is 4.74 Å². The second-order valence-electron chi connectivity index (χ2n) is 9.75. The zero-order chi connectivity index (χ0) is 23.2. The third-order valence-corrected chi connectivity index (χ3v) is 6.73. The minimum Gasteiger partial charge on any atom is -0.497 e. The Kier molecular flexibility index (Phi) is 4.97. The van der Waals surface area contributed by atoms with E-state index in [1.54, 1.807) is 13.2 Å². The van der Waals surface area contributed by atoms with E-state index in [9.17, 15) is 4.79 Å². The lowest BCUT2D eigenvalue weighted by atomic mass is 9.66. The van der Waals surface area contributed by atoms with Crippen LogP contribution in [0.4, 0.5) is 0 Å². The Morgan fingerprint density at radius 3 is 2.03 bits per heavy atom. The van der Waals surface area contributed by atoms with E-state index in [1.807, 2.05) is 36.4 Å². The summed E-state index contributed by atoms with van der Waals surface area (Å²) in [6.45, 7) is 6.59. The number of hydrogen-bond donors (Lipinski definition) is 0. The fraction of sp³-hybridized carbons (Fsp3) is 0.194. The smallest absolute Gasteiger partial charge is 0.174 e. The molecule has 0 aromatic heterocycles. The highest BCUT2D eigenvalue weighted by Gasteiger charge is 2.50. The van der Waals surface area contributed by atoms with Crippen LogP contribution in [0.15, 0.2) is 103 Å². The zero-order valence-corrected chi connectivity index (χ0v) is 19.6. The molecule has 0 bridgehead atoms. The van der Waals surface area contributed by atoms with E-state index >= 15 is 0 Å². The van der Waals surface area contributed by atoms with E-state index in [1.165, 1.54) is 0 Å². The number of ether oxygens (including phenoxy) is 1. The van der Waals surface area contributed by atoms with Gasteiger partial charge in [-0.2, -0.15) is 0 Å². The first kappa shape index (κ1) is 21.2. The molecule has 164 valence electrons. The van der Waals surface area contributed by atoms with Gasteiger partial charge >= 0.3 is 0 Å². The third kappa shape index (κ3) is 3.29. The lowest BCUT2D eigenvalue weighted by molar-refractivity contribution is -0.116. The highest BCUT2D eigenvalue weighted by atomic mass is 16.5. The van der Waals surface area contributed by atoms with Gasteiger partial charge in [-0.15, -0.1) is 0 Å². The van der Waals surface area contributed by atoms with Gasteiger partial charge < -0.3 is 4.74 Å². The molecule has 2 aliphatic rings. The average molecular weight is 433 g/mol. The Bertz CT molecular complexity index is 1320. The van der Waals surface area contributed by atoms with Crippen LogP contribution in [0.25, 0.3) is 11.1 Å². The number of rotatable bonds is 3. The predicted octanol–water partition coefficient (Wildman–Crippen LogP) is 7.02. The van der Waals surface area contributed by atoms with Crippen molar-refractivity contribution in [1.82, 2.24) is 0 Å². The Morgan fingerprint density at radius 1 is 0.788 bits per heavy atom. The topological polar surface area (TPSA) is 26.3 Å². The molecule has 1 atom stereocenters. The molecule has 0 heterocycles. The van der Waals surface area contributed by atoms with Crippen LogP contribution in [-0.2, 0) is 10.2 Å². The lowest BCUT2D eigenvalue weighted by Crippen LogP contribution is -2.36. The van der Waals surface area contributed by atoms with Crippen LogP contribution in [0.3, 0.4) is 0 Å². The Hall–Kier alpha value is -3.65. The summed E-state index contributed by atoms with van der Waals surface area (Å²) < 4.78 is 5.61. The first-order valence-electron chi connectivity index (χ1n) is 11.4. The molecule has 0 amide bonds. The molecule has 3 aromatic rings. The number of methoxy groups -OCH3 is 1. The Labute approximate surface area is 195 Å². The summed E-state index contributed by atoms with van der Waals surface area (Å²) in [7, 11) is 1.68. The Morgan fingerprint density at radius 2 is 1.42 bits per heavy atom. The molecule has 0 N–H and O–H groups in total. The van der Waals surface area contributed by atoms with Gasteiger partial charge in [-0.1, -0.05) is 99.7 Å². The summed E-state index contributed by atoms with van der Waals surface area (Å²) >= 11 is 0. The fourth-order valence-corrected chi connectivity index (χ4v) is 5.07. The molecule has 5 rings (SSSR count). The third-order valence-electron chi connectivity index (χ3n) is 6.73. The molecule has 33 heavy (non-hydrogen) atoms. The minimum absolute atomic E-state index is 0.0892. The molecular weight excluding hydrogens is 404 g/mol. The van der Waals surface area contributed by atoms with E-state index in [2.05, 4.69) is 75.4 Å². The van der Waals surface area contributed by atoms with Crippen LogP contribution in [0.5, 0.6) is 5.75 Å². The first-order valence-corrected chi connectivity index (χ1v) is 11.4. The second-order valence-corrected chi connectivity index (χ2v) is 9.75. The molecule has 2 aliphatic carbocycles. The number of ketones is 1. The largest absolute Gasteiger partial charge is 0.497 e. The van der Waals surface area contributed by atoms with E-state index in [4.69, 9.17) is 4.74 Å². The van der Waals surface area contributed by atoms with E-state index in [-0.39, 0.29) is 11.2 Å². The summed E-state index contributed by atoms with van der Waals surface area (Å²) in [4.78, 5) is 14.0. The first-order chi connectivity index (χ1) is 15.9. The van der Waals surface area contributed by atoms with Gasteiger partial charge in [0, 0.05) is 0 Å². The highest BCUT2D eigenvalue weighted by molar-refractivity contribution is 6.22. The molecule has 3 aromatic carbocycles. The maximum Gasteiger partial charge on any atom is 0.174 e. The predicted molar refractivity (Wildman–Crippen MR) is 135 cm³/mol. The van der Waals surface area contributed by atoms with Gasteiger partial charge in [0.25, 0.3) is 0 Å². The number of allylic oxidation sites excluding steroid dienone is 5. The van der Waals surface area contributed by atoms with Crippen LogP contribution in [0.2, 0.25) is 0 Å². The quantitative estimate of drug-likeness (QED) is 0.445. The molecule has 0 radical (unpaired) electrons. The maximum atomic E-state index is 14.0. The maximum absolute atomic E-state index is 14.0. The van der Waals surface area contributed by atoms with Crippen LogP contribution in [0, 0.1) is 5.41 Å². The van der Waals surface area contributed by atoms with Gasteiger partial charge in [0.05, 0.1) is 7.11 Å². The molecule has 0 aliphatic heterocycles. The van der Waals surface area contributed by atoms with Crippen LogP contribution in [0.1, 0.15) is 43.0 Å². The summed E-state index contributed by atoms with van der Waals surface area (Å²) in [6, 6.07) is 26.8. The summed E-state index contributed by atoms with van der Waals surface area (Å²) in [5, 5.41) is 0. The fourth-order valence-electron chi connectivity index (χ4n) is 5.07. The van der Waals surface area contributed by atoms with Crippen LogP contribution >= 0.6 is 0 Å². The van der Waals surface area contributed by atoms with Gasteiger partial charge in [0.15, 0.2) is 5.78 Å². The van der Waals surface area contributed by atoms with Crippen molar-refractivity contribution in [3.8, 4) is 5.75 Å². The zero-order valence-electron chi connectivity index (χ0n) is 19.6. The van der Waals surface area contributed by atoms with Crippen molar-refractivity contribution in [2.24, 2.45) is 5.41 Å². The van der Waals surface area contributed by atoms with E-state index < -0.39 is 5.41 Å². The minimum atomic E-state index is -0.883. The molecule has 1 unspecified atom stereocenters. The standard InChI is InChI=1S/C31H28O2/c1-30(2,3)23-15-18-27(32)31(20-23)26-17-16-24(33-4)19-25(26)28(21-11-7-5-8-12-21)29(31)22-13-9-6-10-14-22/h5-20H,1-4H3. The molecule has 1 spiro atoms. The van der Waals surface area contributed by atoms with E-state index in [0.29, 0.717) is 0 Å². The number of hydrogen-bond acceptors (Lipinski definition) is 2. The molecule has 2 heteroatoms. The molecule has 0 fully saturated rings. The SMILES string of the molecule is COc1ccc2c(c1)C(c1ccccc1)=C(c1ccccc1)C21C=C(C(C)(C)C)C=CC1=O. The molecular formula is C31H28O2. The van der Waals surface area contributed by atoms with Gasteiger partial charge in [-0.25, -0.2) is 0 Å². The summed E-state index contributed by atoms with van der Waals surface area (Å²) in [5.74, 6) is 0.872. The van der Waals surface area contributed by atoms with Crippen molar-refractivity contribution in [3.63, 3.8) is 0 Å². The van der Waals surface area contributed by atoms with Gasteiger partial charge in [-0.3, -0.25) is 4.79 Å². The number of benzene rings is 3. The second kappa shape index (κ2) is 7.74. The van der Waals surface area contributed by atoms with Crippen LogP contribution in [-0.4, -0.2) is 12.9 Å².